The van der Waals surface area contributed by atoms with Gasteiger partial charge in [0.2, 0.25) is 0 Å². The fraction of sp³-hybridized carbons (Fsp3) is 0.900. The second kappa shape index (κ2) is 4.28. The molecule has 82 valence electrons. The number of nitrogens with zero attached hydrogens (tertiary/aromatic N) is 1. The normalized spacial score (nSPS) is 20.6. The first-order valence-electron chi connectivity index (χ1n) is 5.06. The van der Waals surface area contributed by atoms with Crippen molar-refractivity contribution >= 4 is 5.97 Å². The lowest BCUT2D eigenvalue weighted by molar-refractivity contribution is -0.162. The molecule has 1 atom stereocenters. The second-order valence-corrected chi connectivity index (χ2v) is 4.06. The van der Waals surface area contributed by atoms with E-state index in [-0.39, 0.29) is 0 Å². The largest absolute Gasteiger partial charge is 0.467 e. The number of methoxy groups -OCH3 is 1. The van der Waals surface area contributed by atoms with Crippen molar-refractivity contribution in [3.63, 3.8) is 0 Å². The van der Waals surface area contributed by atoms with Crippen molar-refractivity contribution < 1.29 is 14.6 Å². The molecule has 0 heterocycles. The fourth-order valence-electron chi connectivity index (χ4n) is 1.62. The van der Waals surface area contributed by atoms with Crippen LogP contribution in [0.3, 0.4) is 0 Å². The highest BCUT2D eigenvalue weighted by Crippen LogP contribution is 2.27. The highest BCUT2D eigenvalue weighted by atomic mass is 16.5. The zero-order chi connectivity index (χ0) is 10.8. The molecule has 14 heavy (non-hydrogen) atoms. The molecule has 0 aromatic heterocycles. The average Bonchev–Trinajstić information content (AvgIpc) is 2.96. The van der Waals surface area contributed by atoms with Crippen molar-refractivity contribution in [1.29, 1.82) is 0 Å². The van der Waals surface area contributed by atoms with Crippen molar-refractivity contribution in [2.45, 2.75) is 38.3 Å². The molecule has 0 aliphatic heterocycles. The molecule has 0 aromatic carbocycles. The minimum atomic E-state index is -1.38. The van der Waals surface area contributed by atoms with Gasteiger partial charge in [-0.15, -0.1) is 0 Å². The molecule has 1 aliphatic carbocycles. The van der Waals surface area contributed by atoms with Crippen LogP contribution in [0.25, 0.3) is 0 Å². The van der Waals surface area contributed by atoms with Crippen LogP contribution < -0.4 is 0 Å². The average molecular weight is 201 g/mol. The lowest BCUT2D eigenvalue weighted by Gasteiger charge is -2.28. The van der Waals surface area contributed by atoms with Gasteiger partial charge in [-0.05, 0) is 26.3 Å². The summed E-state index contributed by atoms with van der Waals surface area (Å²) in [6.07, 6.45) is 2.34. The first kappa shape index (κ1) is 11.5. The Labute approximate surface area is 84.8 Å². The molecule has 0 aromatic rings. The Morgan fingerprint density at radius 1 is 1.64 bits per heavy atom. The zero-order valence-corrected chi connectivity index (χ0v) is 9.12. The van der Waals surface area contributed by atoms with Crippen molar-refractivity contribution in [3.05, 3.63) is 0 Å². The summed E-state index contributed by atoms with van der Waals surface area (Å²) in [5.74, 6) is -0.559. The predicted octanol–water partition coefficient (Wildman–Crippen LogP) is 0.395. The first-order valence-corrected chi connectivity index (χ1v) is 5.06. The highest BCUT2D eigenvalue weighted by Gasteiger charge is 2.38. The van der Waals surface area contributed by atoms with Crippen LogP contribution in [0.15, 0.2) is 0 Å². The van der Waals surface area contributed by atoms with Crippen molar-refractivity contribution in [2.24, 2.45) is 0 Å². The van der Waals surface area contributed by atoms with Gasteiger partial charge in [0, 0.05) is 12.6 Å². The Bertz CT molecular complexity index is 211. The molecule has 1 rings (SSSR count). The minimum Gasteiger partial charge on any atom is -0.467 e. The van der Waals surface area contributed by atoms with Crippen LogP contribution in [-0.4, -0.2) is 47.8 Å². The van der Waals surface area contributed by atoms with E-state index in [0.717, 1.165) is 6.54 Å². The number of rotatable bonds is 5. The zero-order valence-electron chi connectivity index (χ0n) is 9.12. The first-order chi connectivity index (χ1) is 6.51. The molecule has 0 saturated heterocycles. The summed E-state index contributed by atoms with van der Waals surface area (Å²) in [6, 6.07) is 0.552. The predicted molar refractivity (Wildman–Crippen MR) is 52.9 cm³/mol. The Morgan fingerprint density at radius 3 is 2.57 bits per heavy atom. The number of carbonyl (C=O) groups is 1. The molecule has 1 unspecified atom stereocenters. The molecule has 0 spiro atoms. The van der Waals surface area contributed by atoms with E-state index < -0.39 is 11.6 Å². The van der Waals surface area contributed by atoms with Gasteiger partial charge in [-0.3, -0.25) is 4.90 Å². The van der Waals surface area contributed by atoms with E-state index in [2.05, 4.69) is 9.64 Å². The Morgan fingerprint density at radius 2 is 2.21 bits per heavy atom. The van der Waals surface area contributed by atoms with E-state index in [0.29, 0.717) is 12.6 Å². The van der Waals surface area contributed by atoms with E-state index >= 15 is 0 Å². The number of carbonyl (C=O) groups excluding carboxylic acids is 1. The molecular weight excluding hydrogens is 182 g/mol. The number of aliphatic hydroxyl groups is 1. The van der Waals surface area contributed by atoms with Gasteiger partial charge in [0.05, 0.1) is 7.11 Å². The van der Waals surface area contributed by atoms with E-state index in [9.17, 15) is 9.90 Å². The summed E-state index contributed by atoms with van der Waals surface area (Å²) in [5.41, 5.74) is -1.38. The lowest BCUT2D eigenvalue weighted by Crippen LogP contribution is -2.48. The highest BCUT2D eigenvalue weighted by molar-refractivity contribution is 5.78. The quantitative estimate of drug-likeness (QED) is 0.654. The third kappa shape index (κ3) is 2.69. The van der Waals surface area contributed by atoms with Gasteiger partial charge in [0.25, 0.3) is 0 Å². The van der Waals surface area contributed by atoms with Crippen LogP contribution in [0, 0.1) is 0 Å². The third-order valence-electron chi connectivity index (χ3n) is 2.61. The van der Waals surface area contributed by atoms with Crippen LogP contribution in [-0.2, 0) is 9.53 Å². The summed E-state index contributed by atoms with van der Waals surface area (Å²) in [6.45, 7) is 4.76. The summed E-state index contributed by atoms with van der Waals surface area (Å²) in [5, 5.41) is 9.84. The smallest absolute Gasteiger partial charge is 0.338 e. The SMILES string of the molecule is CCN(CC(C)(O)C(=O)OC)C1CC1. The lowest BCUT2D eigenvalue weighted by atomic mass is 10.1. The Balaban J connectivity index is 2.50. The number of likely N-dealkylation sites (N-methyl/N-ethyl adjacent to an activating group) is 1. The van der Waals surface area contributed by atoms with Gasteiger partial charge in [-0.1, -0.05) is 6.92 Å². The van der Waals surface area contributed by atoms with Gasteiger partial charge in [-0.2, -0.15) is 0 Å². The molecule has 0 amide bonds. The molecule has 4 nitrogen and oxygen atoms in total. The molecular formula is C10H19NO3. The van der Waals surface area contributed by atoms with Crippen LogP contribution in [0.4, 0.5) is 0 Å². The van der Waals surface area contributed by atoms with Crippen LogP contribution in [0.2, 0.25) is 0 Å². The molecule has 0 bridgehead atoms. The maximum absolute atomic E-state index is 11.2. The van der Waals surface area contributed by atoms with E-state index in [4.69, 9.17) is 0 Å². The standard InChI is InChI=1S/C10H19NO3/c1-4-11(8-5-6-8)7-10(2,13)9(12)14-3/h8,13H,4-7H2,1-3H3. The topological polar surface area (TPSA) is 49.8 Å². The van der Waals surface area contributed by atoms with E-state index in [1.165, 1.54) is 26.9 Å². The van der Waals surface area contributed by atoms with Crippen LogP contribution in [0.1, 0.15) is 26.7 Å². The second-order valence-electron chi connectivity index (χ2n) is 4.06. The van der Waals surface area contributed by atoms with Gasteiger partial charge < -0.3 is 9.84 Å². The van der Waals surface area contributed by atoms with Gasteiger partial charge >= 0.3 is 5.97 Å². The van der Waals surface area contributed by atoms with Crippen molar-refractivity contribution in [2.75, 3.05) is 20.2 Å². The monoisotopic (exact) mass is 201 g/mol. The third-order valence-corrected chi connectivity index (χ3v) is 2.61. The minimum absolute atomic E-state index is 0.362. The molecule has 1 aliphatic rings. The summed E-state index contributed by atoms with van der Waals surface area (Å²) in [7, 11) is 1.30. The maximum atomic E-state index is 11.2. The molecule has 4 heteroatoms. The molecule has 1 fully saturated rings. The maximum Gasteiger partial charge on any atom is 0.338 e. The summed E-state index contributed by atoms with van der Waals surface area (Å²) >= 11 is 0. The van der Waals surface area contributed by atoms with Gasteiger partial charge in [0.1, 0.15) is 0 Å². The molecule has 0 radical (unpaired) electrons. The molecule has 1 N–H and O–H groups in total. The van der Waals surface area contributed by atoms with Crippen molar-refractivity contribution in [1.82, 2.24) is 4.90 Å². The number of esters is 1. The number of hydrogen-bond donors (Lipinski definition) is 1. The van der Waals surface area contributed by atoms with Gasteiger partial charge in [-0.25, -0.2) is 4.79 Å². The Hall–Kier alpha value is -0.610. The summed E-state index contributed by atoms with van der Waals surface area (Å²) in [4.78, 5) is 13.4. The van der Waals surface area contributed by atoms with E-state index in [1.54, 1.807) is 0 Å². The number of hydrogen-bond acceptors (Lipinski definition) is 4. The number of ether oxygens (including phenoxy) is 1. The summed E-state index contributed by atoms with van der Waals surface area (Å²) < 4.78 is 4.54. The molecule has 1 saturated carbocycles. The van der Waals surface area contributed by atoms with Crippen LogP contribution in [0.5, 0.6) is 0 Å². The van der Waals surface area contributed by atoms with Crippen LogP contribution >= 0.6 is 0 Å². The Kier molecular flexibility index (Phi) is 3.50. The fourth-order valence-corrected chi connectivity index (χ4v) is 1.62. The van der Waals surface area contributed by atoms with Crippen molar-refractivity contribution in [3.8, 4) is 0 Å². The van der Waals surface area contributed by atoms with Gasteiger partial charge in [0.15, 0.2) is 5.60 Å². The van der Waals surface area contributed by atoms with E-state index in [1.807, 2.05) is 6.92 Å².